The zero-order chi connectivity index (χ0) is 24.7. The van der Waals surface area contributed by atoms with E-state index >= 15 is 0 Å². The lowest BCUT2D eigenvalue weighted by molar-refractivity contribution is 0.0816. The highest BCUT2D eigenvalue weighted by Crippen LogP contribution is 2.31. The monoisotopic (exact) mass is 460 g/mol. The van der Waals surface area contributed by atoms with Gasteiger partial charge in [0.05, 0.1) is 35.5 Å². The Morgan fingerprint density at radius 3 is 1.76 bits per heavy atom. The SMILES string of the molecule is COc1ccc(C(=O)C(=O)c2cc(OC)c(OC)cc2C#Cc2ccc(OC)c(OC)c2)cc1. The number of rotatable bonds is 8. The van der Waals surface area contributed by atoms with Gasteiger partial charge in [-0.2, -0.15) is 0 Å². The summed E-state index contributed by atoms with van der Waals surface area (Å²) in [5.41, 5.74) is 1.29. The summed E-state index contributed by atoms with van der Waals surface area (Å²) in [5, 5.41) is 0. The summed E-state index contributed by atoms with van der Waals surface area (Å²) in [6.45, 7) is 0. The van der Waals surface area contributed by atoms with E-state index in [1.54, 1.807) is 43.5 Å². The summed E-state index contributed by atoms with van der Waals surface area (Å²) in [4.78, 5) is 26.1. The first-order chi connectivity index (χ1) is 16.4. The van der Waals surface area contributed by atoms with Gasteiger partial charge in [0.2, 0.25) is 11.6 Å². The van der Waals surface area contributed by atoms with E-state index in [-0.39, 0.29) is 11.1 Å². The fourth-order valence-corrected chi connectivity index (χ4v) is 3.22. The van der Waals surface area contributed by atoms with Crippen molar-refractivity contribution in [3.05, 3.63) is 76.9 Å². The van der Waals surface area contributed by atoms with Crippen LogP contribution in [0.15, 0.2) is 54.6 Å². The van der Waals surface area contributed by atoms with E-state index in [0.717, 1.165) is 0 Å². The molecular formula is C27H24O7. The average molecular weight is 460 g/mol. The maximum absolute atomic E-state index is 13.2. The van der Waals surface area contributed by atoms with E-state index in [1.165, 1.54) is 46.6 Å². The Labute approximate surface area is 198 Å². The van der Waals surface area contributed by atoms with Gasteiger partial charge in [-0.25, -0.2) is 0 Å². The van der Waals surface area contributed by atoms with Crippen LogP contribution in [0.1, 0.15) is 31.8 Å². The molecule has 0 N–H and O–H groups in total. The van der Waals surface area contributed by atoms with Gasteiger partial charge in [-0.1, -0.05) is 11.8 Å². The van der Waals surface area contributed by atoms with E-state index < -0.39 is 11.6 Å². The molecule has 0 saturated heterocycles. The number of hydrogen-bond donors (Lipinski definition) is 0. The molecule has 3 rings (SSSR count). The van der Waals surface area contributed by atoms with E-state index in [4.69, 9.17) is 23.7 Å². The van der Waals surface area contributed by atoms with Gasteiger partial charge in [-0.3, -0.25) is 9.59 Å². The molecule has 0 amide bonds. The lowest BCUT2D eigenvalue weighted by Gasteiger charge is -2.11. The number of methoxy groups -OCH3 is 5. The zero-order valence-corrected chi connectivity index (χ0v) is 19.6. The van der Waals surface area contributed by atoms with Crippen molar-refractivity contribution >= 4 is 11.6 Å². The highest BCUT2D eigenvalue weighted by Gasteiger charge is 2.23. The first-order valence-corrected chi connectivity index (χ1v) is 10.2. The van der Waals surface area contributed by atoms with Crippen molar-refractivity contribution in [1.29, 1.82) is 0 Å². The third kappa shape index (κ3) is 5.13. The maximum atomic E-state index is 13.2. The highest BCUT2D eigenvalue weighted by atomic mass is 16.5. The van der Waals surface area contributed by atoms with Crippen LogP contribution in [0.25, 0.3) is 0 Å². The second-order valence-corrected chi connectivity index (χ2v) is 6.96. The molecule has 0 aliphatic heterocycles. The first-order valence-electron chi connectivity index (χ1n) is 10.2. The van der Waals surface area contributed by atoms with Crippen LogP contribution in [0, 0.1) is 11.8 Å². The lowest BCUT2D eigenvalue weighted by atomic mass is 9.96. The highest BCUT2D eigenvalue weighted by molar-refractivity contribution is 6.49. The topological polar surface area (TPSA) is 80.3 Å². The number of ketones is 2. The van der Waals surface area contributed by atoms with E-state index in [1.807, 2.05) is 0 Å². The van der Waals surface area contributed by atoms with Crippen molar-refractivity contribution in [3.8, 4) is 40.6 Å². The second kappa shape index (κ2) is 10.9. The van der Waals surface area contributed by atoms with Crippen LogP contribution in [0.4, 0.5) is 0 Å². The van der Waals surface area contributed by atoms with Crippen LogP contribution in [0.5, 0.6) is 28.7 Å². The van der Waals surface area contributed by atoms with Crippen molar-refractivity contribution in [2.75, 3.05) is 35.5 Å². The van der Waals surface area contributed by atoms with Gasteiger partial charge in [0.25, 0.3) is 0 Å². The van der Waals surface area contributed by atoms with Crippen LogP contribution in [-0.2, 0) is 0 Å². The Balaban J connectivity index is 2.06. The fourth-order valence-electron chi connectivity index (χ4n) is 3.22. The van der Waals surface area contributed by atoms with Gasteiger partial charge in [0.1, 0.15) is 5.75 Å². The number of ether oxygens (including phenoxy) is 5. The predicted molar refractivity (Wildman–Crippen MR) is 127 cm³/mol. The standard InChI is InChI=1S/C27H24O7/c1-30-20-11-9-18(10-12-20)26(28)27(29)21-16-25(34-5)24(33-4)15-19(21)8-6-17-7-13-22(31-2)23(14-17)32-3/h7,9-16H,1-5H3. The fraction of sp³-hybridized carbons (Fsp3) is 0.185. The molecule has 34 heavy (non-hydrogen) atoms. The number of carbonyl (C=O) groups is 2. The van der Waals surface area contributed by atoms with Gasteiger partial charge in [0.15, 0.2) is 23.0 Å². The number of Topliss-reactive ketones (excluding diaryl/α,β-unsaturated/α-hetero) is 2. The smallest absolute Gasteiger partial charge is 0.234 e. The predicted octanol–water partition coefficient (Wildman–Crippen LogP) is 4.20. The van der Waals surface area contributed by atoms with Crippen molar-refractivity contribution < 1.29 is 33.3 Å². The van der Waals surface area contributed by atoms with Gasteiger partial charge >= 0.3 is 0 Å². The largest absolute Gasteiger partial charge is 0.497 e. The normalized spacial score (nSPS) is 9.91. The zero-order valence-electron chi connectivity index (χ0n) is 19.6. The second-order valence-electron chi connectivity index (χ2n) is 6.96. The molecule has 7 heteroatoms. The summed E-state index contributed by atoms with van der Waals surface area (Å²) in [6.07, 6.45) is 0. The summed E-state index contributed by atoms with van der Waals surface area (Å²) in [7, 11) is 7.53. The van der Waals surface area contributed by atoms with E-state index in [0.29, 0.717) is 39.9 Å². The first kappa shape index (κ1) is 24.2. The molecule has 0 radical (unpaired) electrons. The molecule has 174 valence electrons. The molecule has 7 nitrogen and oxygen atoms in total. The molecule has 0 fully saturated rings. The Kier molecular flexibility index (Phi) is 7.78. The Morgan fingerprint density at radius 1 is 0.588 bits per heavy atom. The molecule has 0 aliphatic carbocycles. The lowest BCUT2D eigenvalue weighted by Crippen LogP contribution is -2.16. The van der Waals surface area contributed by atoms with Crippen molar-refractivity contribution in [3.63, 3.8) is 0 Å². The van der Waals surface area contributed by atoms with E-state index in [2.05, 4.69) is 11.8 Å². The minimum absolute atomic E-state index is 0.103. The van der Waals surface area contributed by atoms with Crippen molar-refractivity contribution in [2.24, 2.45) is 0 Å². The molecule has 0 heterocycles. The van der Waals surface area contributed by atoms with E-state index in [9.17, 15) is 9.59 Å². The van der Waals surface area contributed by atoms with Crippen molar-refractivity contribution in [1.82, 2.24) is 0 Å². The minimum Gasteiger partial charge on any atom is -0.497 e. The quantitative estimate of drug-likeness (QED) is 0.283. The molecular weight excluding hydrogens is 436 g/mol. The molecule has 0 aromatic heterocycles. The number of benzene rings is 3. The van der Waals surface area contributed by atoms with Gasteiger partial charge < -0.3 is 23.7 Å². The molecule has 0 saturated carbocycles. The third-order valence-corrected chi connectivity index (χ3v) is 5.05. The molecule has 0 spiro atoms. The average Bonchev–Trinajstić information content (AvgIpc) is 2.90. The summed E-state index contributed by atoms with van der Waals surface area (Å²) >= 11 is 0. The molecule has 0 atom stereocenters. The third-order valence-electron chi connectivity index (χ3n) is 5.05. The number of hydrogen-bond acceptors (Lipinski definition) is 7. The Bertz CT molecular complexity index is 1260. The molecule has 0 bridgehead atoms. The van der Waals surface area contributed by atoms with Crippen LogP contribution in [-0.4, -0.2) is 47.1 Å². The van der Waals surface area contributed by atoms with Crippen LogP contribution in [0.3, 0.4) is 0 Å². The van der Waals surface area contributed by atoms with Crippen LogP contribution < -0.4 is 23.7 Å². The summed E-state index contributed by atoms with van der Waals surface area (Å²) in [6, 6.07) is 14.6. The van der Waals surface area contributed by atoms with Crippen LogP contribution >= 0.6 is 0 Å². The Morgan fingerprint density at radius 2 is 1.18 bits per heavy atom. The summed E-state index contributed by atoms with van der Waals surface area (Å²) < 4.78 is 26.4. The van der Waals surface area contributed by atoms with Gasteiger partial charge in [-0.05, 0) is 48.5 Å². The Hall–Kier alpha value is -4.44. The van der Waals surface area contributed by atoms with Crippen LogP contribution in [0.2, 0.25) is 0 Å². The molecule has 0 unspecified atom stereocenters. The molecule has 3 aromatic rings. The number of carbonyl (C=O) groups excluding carboxylic acids is 2. The van der Waals surface area contributed by atoms with Crippen molar-refractivity contribution in [2.45, 2.75) is 0 Å². The van der Waals surface area contributed by atoms with Gasteiger partial charge in [-0.15, -0.1) is 0 Å². The maximum Gasteiger partial charge on any atom is 0.234 e. The minimum atomic E-state index is -0.720. The van der Waals surface area contributed by atoms with Gasteiger partial charge in [0, 0.05) is 28.3 Å². The molecule has 0 aliphatic rings. The summed E-state index contributed by atoms with van der Waals surface area (Å²) in [5.74, 6) is 6.94. The molecule has 3 aromatic carbocycles.